The number of fused-ring (bicyclic) bond motifs is 1. The van der Waals surface area contributed by atoms with E-state index in [-0.39, 0.29) is 0 Å². The first-order valence-electron chi connectivity index (χ1n) is 11.5. The summed E-state index contributed by atoms with van der Waals surface area (Å²) in [4.78, 5) is 18.2. The smallest absolute Gasteiger partial charge is 0.434 e. The number of imidazole rings is 1. The summed E-state index contributed by atoms with van der Waals surface area (Å²) < 4.78 is 22.3. The molecule has 3 heterocycles. The van der Waals surface area contributed by atoms with Crippen molar-refractivity contribution < 1.29 is 23.9 Å². The van der Waals surface area contributed by atoms with E-state index in [0.717, 1.165) is 35.7 Å². The molecule has 182 valence electrons. The van der Waals surface area contributed by atoms with Crippen molar-refractivity contribution in [1.82, 2.24) is 15.0 Å². The van der Waals surface area contributed by atoms with Gasteiger partial charge in [0.05, 0.1) is 40.5 Å². The molecule has 10 nitrogen and oxygen atoms in total. The average molecular weight is 478 g/mol. The van der Waals surface area contributed by atoms with Crippen LogP contribution in [0.5, 0.6) is 17.5 Å². The van der Waals surface area contributed by atoms with Crippen molar-refractivity contribution in [3.8, 4) is 17.5 Å². The second kappa shape index (κ2) is 10.1. The summed E-state index contributed by atoms with van der Waals surface area (Å²) in [6.45, 7) is 5.18. The van der Waals surface area contributed by atoms with Crippen LogP contribution >= 0.6 is 0 Å². The predicted molar refractivity (Wildman–Crippen MR) is 132 cm³/mol. The first-order chi connectivity index (χ1) is 17.1. The van der Waals surface area contributed by atoms with Crippen LogP contribution in [0, 0.1) is 6.92 Å². The number of hydrogen-bond donors (Lipinski definition) is 2. The molecule has 5 rings (SSSR count). The Balaban J connectivity index is 1.44. The van der Waals surface area contributed by atoms with Crippen molar-refractivity contribution in [2.45, 2.75) is 13.5 Å². The molecule has 1 aliphatic rings. The van der Waals surface area contributed by atoms with E-state index in [9.17, 15) is 0 Å². The van der Waals surface area contributed by atoms with E-state index < -0.39 is 0 Å². The summed E-state index contributed by atoms with van der Waals surface area (Å²) in [5.74, 6) is 2.79. The number of morpholine rings is 1. The molecule has 4 aromatic rings. The fourth-order valence-corrected chi connectivity index (χ4v) is 3.95. The number of nitrogens with zero attached hydrogens (tertiary/aromatic N) is 3. The van der Waals surface area contributed by atoms with Crippen LogP contribution in [0.4, 0.5) is 17.5 Å². The number of benzene rings is 2. The number of rotatable bonds is 8. The monoisotopic (exact) mass is 477 g/mol. The normalized spacial score (nSPS) is 13.6. The molecule has 1 fully saturated rings. The SMILES string of the molecule is COc1ccc(COc2nc3nc(Nc4ccc(C)cc4)[nH]c3c(N3CCOCC3)[nH+]2)cc1OC. The molecule has 2 aromatic heterocycles. The van der Waals surface area contributed by atoms with Gasteiger partial charge in [0.15, 0.2) is 17.0 Å². The second-order valence-electron chi connectivity index (χ2n) is 8.24. The van der Waals surface area contributed by atoms with Crippen LogP contribution in [0.25, 0.3) is 11.2 Å². The molecule has 0 saturated carbocycles. The highest BCUT2D eigenvalue weighted by molar-refractivity contribution is 5.84. The Labute approximate surface area is 203 Å². The Hall–Kier alpha value is -4.05. The third-order valence-electron chi connectivity index (χ3n) is 5.82. The molecule has 1 aliphatic heterocycles. The van der Waals surface area contributed by atoms with Gasteiger partial charge in [0.25, 0.3) is 11.5 Å². The van der Waals surface area contributed by atoms with Crippen molar-refractivity contribution in [3.63, 3.8) is 0 Å². The number of nitrogens with one attached hydrogen (secondary N) is 3. The number of aromatic amines is 2. The summed E-state index contributed by atoms with van der Waals surface area (Å²) in [6, 6.07) is 14.2. The van der Waals surface area contributed by atoms with Crippen molar-refractivity contribution in [2.24, 2.45) is 0 Å². The highest BCUT2D eigenvalue weighted by Gasteiger charge is 2.26. The van der Waals surface area contributed by atoms with Gasteiger partial charge in [-0.1, -0.05) is 23.8 Å². The number of H-pyrrole nitrogens is 2. The summed E-state index contributed by atoms with van der Waals surface area (Å²) in [5.41, 5.74) is 4.43. The largest absolute Gasteiger partial charge is 0.493 e. The first kappa shape index (κ1) is 22.7. The van der Waals surface area contributed by atoms with Gasteiger partial charge in [-0.15, -0.1) is 0 Å². The maximum atomic E-state index is 6.05. The van der Waals surface area contributed by atoms with Gasteiger partial charge >= 0.3 is 6.01 Å². The lowest BCUT2D eigenvalue weighted by Crippen LogP contribution is -2.40. The number of anilines is 3. The van der Waals surface area contributed by atoms with Crippen LogP contribution in [0.1, 0.15) is 11.1 Å². The molecule has 0 bridgehead atoms. The molecule has 0 aliphatic carbocycles. The maximum Gasteiger partial charge on any atom is 0.434 e. The third kappa shape index (κ3) is 5.07. The van der Waals surface area contributed by atoms with E-state index in [4.69, 9.17) is 18.9 Å². The Morgan fingerprint density at radius 2 is 1.80 bits per heavy atom. The standard InChI is InChI=1S/C25H28N6O4/c1-16-4-7-18(8-5-16)26-24-27-21-22(28-24)29-25(30-23(21)31-10-12-34-13-11-31)35-15-17-6-9-19(32-2)20(14-17)33-3/h4-9,14H,10-13,15H2,1-3H3,(H2,26,27,28,29,30)/p+1. The lowest BCUT2D eigenvalue weighted by molar-refractivity contribution is -0.386. The van der Waals surface area contributed by atoms with Crippen molar-refractivity contribution >= 4 is 28.6 Å². The molecule has 1 saturated heterocycles. The average Bonchev–Trinajstić information content (AvgIpc) is 3.31. The second-order valence-corrected chi connectivity index (χ2v) is 8.24. The van der Waals surface area contributed by atoms with Gasteiger partial charge in [-0.2, -0.15) is 4.98 Å². The topological polar surface area (TPSA) is 108 Å². The van der Waals surface area contributed by atoms with Crippen molar-refractivity contribution in [3.05, 3.63) is 53.6 Å². The first-order valence-corrected chi connectivity index (χ1v) is 11.5. The zero-order valence-corrected chi connectivity index (χ0v) is 20.1. The number of hydrogen-bond acceptors (Lipinski definition) is 8. The maximum absolute atomic E-state index is 6.05. The quantitative estimate of drug-likeness (QED) is 0.398. The van der Waals surface area contributed by atoms with Gasteiger partial charge in [0.2, 0.25) is 5.95 Å². The van der Waals surface area contributed by atoms with E-state index in [1.165, 1.54) is 5.56 Å². The third-order valence-corrected chi connectivity index (χ3v) is 5.82. The molecular weight excluding hydrogens is 448 g/mol. The van der Waals surface area contributed by atoms with Gasteiger partial charge in [-0.3, -0.25) is 4.90 Å². The lowest BCUT2D eigenvalue weighted by Gasteiger charge is -2.23. The number of methoxy groups -OCH3 is 2. The van der Waals surface area contributed by atoms with Gasteiger partial charge in [-0.25, -0.2) is 4.98 Å². The molecule has 0 radical (unpaired) electrons. The lowest BCUT2D eigenvalue weighted by atomic mass is 10.2. The van der Waals surface area contributed by atoms with E-state index in [1.54, 1.807) is 14.2 Å². The molecule has 0 amide bonds. The summed E-state index contributed by atoms with van der Waals surface area (Å²) in [6.07, 6.45) is 0. The fourth-order valence-electron chi connectivity index (χ4n) is 3.95. The number of aryl methyl sites for hydroxylation is 1. The van der Waals surface area contributed by atoms with Crippen molar-refractivity contribution in [2.75, 3.05) is 50.7 Å². The minimum Gasteiger partial charge on any atom is -0.493 e. The molecule has 0 spiro atoms. The van der Waals surface area contributed by atoms with E-state index in [0.29, 0.717) is 48.9 Å². The fraction of sp³-hybridized carbons (Fsp3) is 0.320. The Morgan fingerprint density at radius 3 is 2.54 bits per heavy atom. The summed E-state index contributed by atoms with van der Waals surface area (Å²) >= 11 is 0. The molecular formula is C25H29N6O4+. The summed E-state index contributed by atoms with van der Waals surface area (Å²) in [5, 5.41) is 3.32. The van der Waals surface area contributed by atoms with Crippen LogP contribution in [0.15, 0.2) is 42.5 Å². The predicted octanol–water partition coefficient (Wildman–Crippen LogP) is 3.26. The van der Waals surface area contributed by atoms with Crippen LogP contribution < -0.4 is 29.4 Å². The van der Waals surface area contributed by atoms with Gasteiger partial charge < -0.3 is 29.2 Å². The van der Waals surface area contributed by atoms with Gasteiger partial charge in [0, 0.05) is 5.69 Å². The number of ether oxygens (including phenoxy) is 4. The highest BCUT2D eigenvalue weighted by atomic mass is 16.5. The van der Waals surface area contributed by atoms with Gasteiger partial charge in [-0.05, 0) is 41.7 Å². The minimum atomic E-state index is 0.302. The number of aromatic nitrogens is 4. The molecule has 10 heteroatoms. The molecule has 0 atom stereocenters. The minimum absolute atomic E-state index is 0.302. The Morgan fingerprint density at radius 1 is 1.03 bits per heavy atom. The van der Waals surface area contributed by atoms with Crippen LogP contribution in [-0.2, 0) is 11.3 Å². The van der Waals surface area contributed by atoms with Crippen molar-refractivity contribution in [1.29, 1.82) is 0 Å². The van der Waals surface area contributed by atoms with Crippen LogP contribution in [0.3, 0.4) is 0 Å². The molecule has 3 N–H and O–H groups in total. The summed E-state index contributed by atoms with van der Waals surface area (Å²) in [7, 11) is 3.22. The van der Waals surface area contributed by atoms with Crippen LogP contribution in [0.2, 0.25) is 0 Å². The zero-order valence-electron chi connectivity index (χ0n) is 20.1. The van der Waals surface area contributed by atoms with E-state index in [2.05, 4.69) is 49.2 Å². The highest BCUT2D eigenvalue weighted by Crippen LogP contribution is 2.28. The molecule has 35 heavy (non-hydrogen) atoms. The Kier molecular flexibility index (Phi) is 6.53. The van der Waals surface area contributed by atoms with E-state index >= 15 is 0 Å². The molecule has 2 aromatic carbocycles. The Bertz CT molecular complexity index is 1300. The van der Waals surface area contributed by atoms with Crippen LogP contribution in [-0.4, -0.2) is 55.5 Å². The van der Waals surface area contributed by atoms with E-state index in [1.807, 2.05) is 30.3 Å². The van der Waals surface area contributed by atoms with Gasteiger partial charge in [0.1, 0.15) is 6.61 Å². The zero-order chi connectivity index (χ0) is 24.2. The molecule has 0 unspecified atom stereocenters.